The van der Waals surface area contributed by atoms with Crippen molar-refractivity contribution in [1.82, 2.24) is 5.32 Å². The van der Waals surface area contributed by atoms with Crippen LogP contribution < -0.4 is 5.32 Å². The van der Waals surface area contributed by atoms with Crippen LogP contribution in [0.3, 0.4) is 0 Å². The van der Waals surface area contributed by atoms with Crippen LogP contribution in [0.25, 0.3) is 0 Å². The van der Waals surface area contributed by atoms with E-state index >= 15 is 0 Å². The molecule has 1 spiro atoms. The molecule has 4 heteroatoms. The van der Waals surface area contributed by atoms with E-state index in [-0.39, 0.29) is 12.2 Å². The monoisotopic (exact) mass is 275 g/mol. The highest BCUT2D eigenvalue weighted by Gasteiger charge is 2.52. The van der Waals surface area contributed by atoms with Gasteiger partial charge in [-0.1, -0.05) is 30.3 Å². The summed E-state index contributed by atoms with van der Waals surface area (Å²) in [4.78, 5) is 11.6. The van der Waals surface area contributed by atoms with Crippen molar-refractivity contribution in [3.05, 3.63) is 35.9 Å². The van der Waals surface area contributed by atoms with Crippen molar-refractivity contribution in [2.75, 3.05) is 6.54 Å². The Morgan fingerprint density at radius 2 is 1.95 bits per heavy atom. The molecule has 2 fully saturated rings. The van der Waals surface area contributed by atoms with Gasteiger partial charge in [0, 0.05) is 6.54 Å². The number of hydrogen-bond donors (Lipinski definition) is 2. The Bertz CT molecular complexity index is 460. The molecule has 3 rings (SSSR count). The third kappa shape index (κ3) is 2.96. The fraction of sp³-hybridized carbons (Fsp3) is 0.562. The molecule has 1 amide bonds. The van der Waals surface area contributed by atoms with Crippen LogP contribution in [0, 0.1) is 11.3 Å². The van der Waals surface area contributed by atoms with E-state index in [0.717, 1.165) is 31.2 Å². The molecule has 2 aliphatic rings. The maximum absolute atomic E-state index is 11.6. The summed E-state index contributed by atoms with van der Waals surface area (Å²) in [6.45, 7) is 0.999. The molecule has 0 unspecified atom stereocenters. The third-order valence-corrected chi connectivity index (χ3v) is 4.53. The molecule has 1 aromatic rings. The van der Waals surface area contributed by atoms with Gasteiger partial charge in [-0.3, -0.25) is 0 Å². The van der Waals surface area contributed by atoms with E-state index in [4.69, 9.17) is 4.74 Å². The van der Waals surface area contributed by atoms with E-state index in [9.17, 15) is 9.90 Å². The molecule has 20 heavy (non-hydrogen) atoms. The number of ether oxygens (including phenoxy) is 1. The lowest BCUT2D eigenvalue weighted by atomic mass is 9.51. The van der Waals surface area contributed by atoms with Gasteiger partial charge in [0.1, 0.15) is 6.61 Å². The van der Waals surface area contributed by atoms with Gasteiger partial charge in [0.25, 0.3) is 0 Å². The van der Waals surface area contributed by atoms with Gasteiger partial charge < -0.3 is 15.2 Å². The largest absolute Gasteiger partial charge is 0.445 e. The number of nitrogens with one attached hydrogen (secondary N) is 1. The average Bonchev–Trinajstić information content (AvgIpc) is 2.38. The fourth-order valence-corrected chi connectivity index (χ4v) is 3.58. The molecule has 0 aliphatic heterocycles. The van der Waals surface area contributed by atoms with Crippen molar-refractivity contribution in [2.45, 2.75) is 38.4 Å². The lowest BCUT2D eigenvalue weighted by Crippen LogP contribution is -2.52. The predicted molar refractivity (Wildman–Crippen MR) is 75.0 cm³/mol. The van der Waals surface area contributed by atoms with E-state index < -0.39 is 0 Å². The topological polar surface area (TPSA) is 58.6 Å². The van der Waals surface area contributed by atoms with Gasteiger partial charge in [-0.05, 0) is 42.6 Å². The minimum Gasteiger partial charge on any atom is -0.445 e. The summed E-state index contributed by atoms with van der Waals surface area (Å²) < 4.78 is 5.17. The Balaban J connectivity index is 1.31. The van der Waals surface area contributed by atoms with Gasteiger partial charge >= 0.3 is 6.09 Å². The Labute approximate surface area is 119 Å². The Kier molecular flexibility index (Phi) is 3.66. The molecule has 2 saturated carbocycles. The highest BCUT2D eigenvalue weighted by atomic mass is 16.5. The molecule has 0 saturated heterocycles. The van der Waals surface area contributed by atoms with Crippen molar-refractivity contribution >= 4 is 6.09 Å². The van der Waals surface area contributed by atoms with E-state index in [0.29, 0.717) is 24.5 Å². The molecule has 0 radical (unpaired) electrons. The molecule has 0 heterocycles. The van der Waals surface area contributed by atoms with Crippen LogP contribution in [0.15, 0.2) is 30.3 Å². The number of alkyl carbamates (subject to hydrolysis) is 1. The minimum absolute atomic E-state index is 0.0836. The van der Waals surface area contributed by atoms with E-state index in [1.807, 2.05) is 30.3 Å². The first kappa shape index (κ1) is 13.4. The van der Waals surface area contributed by atoms with Crippen LogP contribution in [0.1, 0.15) is 31.2 Å². The number of carbonyl (C=O) groups is 1. The van der Waals surface area contributed by atoms with Crippen molar-refractivity contribution < 1.29 is 14.6 Å². The smallest absolute Gasteiger partial charge is 0.407 e. The van der Waals surface area contributed by atoms with Crippen LogP contribution in [0.2, 0.25) is 0 Å². The number of rotatable bonds is 4. The summed E-state index contributed by atoms with van der Waals surface area (Å²) in [6, 6.07) is 9.66. The first-order chi connectivity index (χ1) is 9.65. The molecule has 0 atom stereocenters. The van der Waals surface area contributed by atoms with Gasteiger partial charge in [-0.25, -0.2) is 4.79 Å². The summed E-state index contributed by atoms with van der Waals surface area (Å²) in [7, 11) is 0. The number of hydrogen-bond acceptors (Lipinski definition) is 3. The van der Waals surface area contributed by atoms with Gasteiger partial charge in [0.15, 0.2) is 0 Å². The zero-order valence-corrected chi connectivity index (χ0v) is 11.5. The maximum Gasteiger partial charge on any atom is 0.407 e. The zero-order chi connectivity index (χ0) is 14.0. The Morgan fingerprint density at radius 3 is 2.60 bits per heavy atom. The van der Waals surface area contributed by atoms with Crippen molar-refractivity contribution in [2.24, 2.45) is 11.3 Å². The van der Waals surface area contributed by atoms with E-state index in [1.165, 1.54) is 0 Å². The maximum atomic E-state index is 11.6. The second-order valence-corrected chi connectivity index (χ2v) is 6.28. The second kappa shape index (κ2) is 5.44. The molecule has 0 aromatic heterocycles. The molecule has 4 nitrogen and oxygen atoms in total. The standard InChI is InChI=1S/C16H21NO3/c18-14-8-16(9-14)6-13(7-16)10-17-15(19)20-11-12-4-2-1-3-5-12/h1-5,13-14,18H,6-11H2,(H,17,19). The van der Waals surface area contributed by atoms with Crippen molar-refractivity contribution in [3.63, 3.8) is 0 Å². The van der Waals surface area contributed by atoms with Crippen LogP contribution in [-0.4, -0.2) is 23.8 Å². The zero-order valence-electron chi connectivity index (χ0n) is 11.5. The van der Waals surface area contributed by atoms with Crippen molar-refractivity contribution in [1.29, 1.82) is 0 Å². The van der Waals surface area contributed by atoms with Crippen molar-refractivity contribution in [3.8, 4) is 0 Å². The lowest BCUT2D eigenvalue weighted by molar-refractivity contribution is -0.109. The van der Waals surface area contributed by atoms with Gasteiger partial charge in [-0.15, -0.1) is 0 Å². The SMILES string of the molecule is O=C(NCC1CC2(CC(O)C2)C1)OCc1ccccc1. The van der Waals surface area contributed by atoms with E-state index in [2.05, 4.69) is 5.32 Å². The summed E-state index contributed by atoms with van der Waals surface area (Å²) in [6.07, 6.45) is 3.72. The van der Waals surface area contributed by atoms with Crippen LogP contribution in [0.5, 0.6) is 0 Å². The fourth-order valence-electron chi connectivity index (χ4n) is 3.58. The van der Waals surface area contributed by atoms with Gasteiger partial charge in [-0.2, -0.15) is 0 Å². The summed E-state index contributed by atoms with van der Waals surface area (Å²) in [5.41, 5.74) is 1.40. The molecular weight excluding hydrogens is 254 g/mol. The van der Waals surface area contributed by atoms with Gasteiger partial charge in [0.2, 0.25) is 0 Å². The number of benzene rings is 1. The molecule has 1 aromatic carbocycles. The summed E-state index contributed by atoms with van der Waals surface area (Å²) in [5.74, 6) is 0.548. The molecule has 2 N–H and O–H groups in total. The molecule has 0 bridgehead atoms. The molecule has 2 aliphatic carbocycles. The Morgan fingerprint density at radius 1 is 1.25 bits per heavy atom. The normalized spacial score (nSPS) is 31.2. The number of carbonyl (C=O) groups excluding carboxylic acids is 1. The quantitative estimate of drug-likeness (QED) is 0.887. The highest BCUT2D eigenvalue weighted by molar-refractivity contribution is 5.67. The first-order valence-electron chi connectivity index (χ1n) is 7.28. The first-order valence-corrected chi connectivity index (χ1v) is 7.28. The summed E-state index contributed by atoms with van der Waals surface area (Å²) >= 11 is 0. The lowest BCUT2D eigenvalue weighted by Gasteiger charge is -2.56. The minimum atomic E-state index is -0.344. The molecular formula is C16H21NO3. The number of amides is 1. The summed E-state index contributed by atoms with van der Waals surface area (Å²) in [5, 5.41) is 12.2. The average molecular weight is 275 g/mol. The van der Waals surface area contributed by atoms with Gasteiger partial charge in [0.05, 0.1) is 6.10 Å². The van der Waals surface area contributed by atoms with Crippen LogP contribution >= 0.6 is 0 Å². The van der Waals surface area contributed by atoms with Crippen LogP contribution in [-0.2, 0) is 11.3 Å². The number of aliphatic hydroxyl groups is 1. The van der Waals surface area contributed by atoms with Crippen LogP contribution in [0.4, 0.5) is 4.79 Å². The highest BCUT2D eigenvalue weighted by Crippen LogP contribution is 2.58. The predicted octanol–water partition coefficient (Wildman–Crippen LogP) is 2.46. The Hall–Kier alpha value is -1.55. The molecule has 108 valence electrons. The third-order valence-electron chi connectivity index (χ3n) is 4.53. The van der Waals surface area contributed by atoms with E-state index in [1.54, 1.807) is 0 Å². The number of aliphatic hydroxyl groups excluding tert-OH is 1. The second-order valence-electron chi connectivity index (χ2n) is 6.28.